The van der Waals surface area contributed by atoms with E-state index in [4.69, 9.17) is 9.47 Å². The quantitative estimate of drug-likeness (QED) is 0.557. The predicted molar refractivity (Wildman–Crippen MR) is 55.1 cm³/mol. The number of likely N-dealkylation sites (N-methyl/N-ethyl adjacent to an activating group) is 1. The van der Waals surface area contributed by atoms with Crippen molar-refractivity contribution in [1.82, 2.24) is 5.32 Å². The predicted octanol–water partition coefficient (Wildman–Crippen LogP) is 1.43. The molecule has 0 saturated heterocycles. The fraction of sp³-hybridized carbons (Fsp3) is 1.00. The van der Waals surface area contributed by atoms with Gasteiger partial charge in [-0.15, -0.1) is 0 Å². The zero-order valence-corrected chi connectivity index (χ0v) is 9.14. The Morgan fingerprint density at radius 1 is 1.15 bits per heavy atom. The Balaban J connectivity index is 3.25. The van der Waals surface area contributed by atoms with E-state index < -0.39 is 0 Å². The molecular formula is C10H23NO2. The van der Waals surface area contributed by atoms with Crippen LogP contribution < -0.4 is 5.32 Å². The van der Waals surface area contributed by atoms with Gasteiger partial charge in [0.25, 0.3) is 0 Å². The van der Waals surface area contributed by atoms with Crippen LogP contribution in [0.15, 0.2) is 0 Å². The highest BCUT2D eigenvalue weighted by Gasteiger charge is 2.04. The van der Waals surface area contributed by atoms with Crippen LogP contribution in [0.5, 0.6) is 0 Å². The molecule has 0 bridgehead atoms. The molecule has 3 heteroatoms. The summed E-state index contributed by atoms with van der Waals surface area (Å²) in [5.41, 5.74) is 0. The van der Waals surface area contributed by atoms with Crippen LogP contribution >= 0.6 is 0 Å². The first-order valence-corrected chi connectivity index (χ1v) is 5.17. The zero-order valence-electron chi connectivity index (χ0n) is 9.14. The van der Waals surface area contributed by atoms with Crippen LogP contribution in [0.3, 0.4) is 0 Å². The normalized spacial score (nSPS) is 13.2. The Hall–Kier alpha value is -0.120. The van der Waals surface area contributed by atoms with Crippen molar-refractivity contribution in [2.75, 3.05) is 33.5 Å². The topological polar surface area (TPSA) is 30.5 Å². The Labute approximate surface area is 81.8 Å². The van der Waals surface area contributed by atoms with Crippen LogP contribution in [0.1, 0.15) is 26.7 Å². The maximum atomic E-state index is 5.40. The van der Waals surface area contributed by atoms with Gasteiger partial charge in [-0.3, -0.25) is 0 Å². The van der Waals surface area contributed by atoms with Crippen LogP contribution in [-0.2, 0) is 9.47 Å². The molecule has 0 amide bonds. The second-order valence-corrected chi connectivity index (χ2v) is 3.05. The van der Waals surface area contributed by atoms with Gasteiger partial charge in [0.1, 0.15) is 0 Å². The lowest BCUT2D eigenvalue weighted by atomic mass is 10.2. The lowest BCUT2D eigenvalue weighted by molar-refractivity contribution is 0.0904. The van der Waals surface area contributed by atoms with Crippen molar-refractivity contribution in [3.63, 3.8) is 0 Å². The zero-order chi connectivity index (χ0) is 9.94. The van der Waals surface area contributed by atoms with Gasteiger partial charge in [0.05, 0.1) is 6.61 Å². The van der Waals surface area contributed by atoms with E-state index in [2.05, 4.69) is 12.2 Å². The second kappa shape index (κ2) is 9.96. The van der Waals surface area contributed by atoms with Gasteiger partial charge in [-0.2, -0.15) is 0 Å². The van der Waals surface area contributed by atoms with Gasteiger partial charge in [-0.1, -0.05) is 6.92 Å². The van der Waals surface area contributed by atoms with Gasteiger partial charge in [-0.25, -0.2) is 0 Å². The smallest absolute Gasteiger partial charge is 0.0620 e. The van der Waals surface area contributed by atoms with Crippen molar-refractivity contribution in [3.05, 3.63) is 0 Å². The maximum absolute atomic E-state index is 5.40. The average molecular weight is 189 g/mol. The van der Waals surface area contributed by atoms with Crippen molar-refractivity contribution in [2.24, 2.45) is 0 Å². The average Bonchev–Trinajstić information content (AvgIpc) is 2.17. The monoisotopic (exact) mass is 189 g/mol. The Bertz CT molecular complexity index is 98.9. The highest BCUT2D eigenvalue weighted by Crippen LogP contribution is 1.94. The molecule has 0 heterocycles. The Kier molecular flexibility index (Phi) is 9.87. The number of hydrogen-bond donors (Lipinski definition) is 1. The van der Waals surface area contributed by atoms with Crippen LogP contribution in [0.2, 0.25) is 0 Å². The van der Waals surface area contributed by atoms with Crippen LogP contribution in [0.4, 0.5) is 0 Å². The molecule has 0 radical (unpaired) electrons. The minimum absolute atomic E-state index is 0.428. The van der Waals surface area contributed by atoms with Crippen molar-refractivity contribution >= 4 is 0 Å². The minimum atomic E-state index is 0.428. The highest BCUT2D eigenvalue weighted by atomic mass is 16.5. The lowest BCUT2D eigenvalue weighted by Gasteiger charge is -2.15. The van der Waals surface area contributed by atoms with Crippen LogP contribution in [0.25, 0.3) is 0 Å². The summed E-state index contributed by atoms with van der Waals surface area (Å²) in [6.45, 7) is 7.39. The standard InChI is InChI=1S/C10H23NO2/c1-4-7-13-8-6-10(11-3)9-12-5-2/h10-11H,4-9H2,1-3H3. The van der Waals surface area contributed by atoms with Crippen molar-refractivity contribution in [1.29, 1.82) is 0 Å². The highest BCUT2D eigenvalue weighted by molar-refractivity contribution is 4.62. The number of ether oxygens (including phenoxy) is 2. The summed E-state index contributed by atoms with van der Waals surface area (Å²) in [7, 11) is 1.96. The molecular weight excluding hydrogens is 166 g/mol. The SMILES string of the molecule is CCCOCCC(COCC)NC. The molecule has 13 heavy (non-hydrogen) atoms. The Morgan fingerprint density at radius 3 is 2.46 bits per heavy atom. The van der Waals surface area contributed by atoms with Crippen LogP contribution in [-0.4, -0.2) is 39.5 Å². The fourth-order valence-electron chi connectivity index (χ4n) is 1.04. The van der Waals surface area contributed by atoms with Gasteiger partial charge in [0, 0.05) is 25.9 Å². The van der Waals surface area contributed by atoms with E-state index in [0.29, 0.717) is 6.04 Å². The summed E-state index contributed by atoms with van der Waals surface area (Å²) >= 11 is 0. The first kappa shape index (κ1) is 12.9. The molecule has 0 aromatic rings. The summed E-state index contributed by atoms with van der Waals surface area (Å²) in [6, 6.07) is 0.428. The van der Waals surface area contributed by atoms with Gasteiger partial charge in [0.15, 0.2) is 0 Å². The van der Waals surface area contributed by atoms with E-state index >= 15 is 0 Å². The van der Waals surface area contributed by atoms with Crippen molar-refractivity contribution in [2.45, 2.75) is 32.7 Å². The summed E-state index contributed by atoms with van der Waals surface area (Å²) in [5, 5.41) is 3.21. The van der Waals surface area contributed by atoms with Gasteiger partial charge < -0.3 is 14.8 Å². The number of rotatable bonds is 9. The third kappa shape index (κ3) is 8.22. The third-order valence-electron chi connectivity index (χ3n) is 1.89. The molecule has 0 saturated carbocycles. The summed E-state index contributed by atoms with van der Waals surface area (Å²) in [4.78, 5) is 0. The maximum Gasteiger partial charge on any atom is 0.0620 e. The van der Waals surface area contributed by atoms with E-state index in [1.165, 1.54) is 0 Å². The molecule has 1 N–H and O–H groups in total. The minimum Gasteiger partial charge on any atom is -0.381 e. The van der Waals surface area contributed by atoms with Gasteiger partial charge in [-0.05, 0) is 26.8 Å². The summed E-state index contributed by atoms with van der Waals surface area (Å²) in [5.74, 6) is 0. The number of nitrogens with one attached hydrogen (secondary N) is 1. The Morgan fingerprint density at radius 2 is 1.92 bits per heavy atom. The molecule has 0 aromatic heterocycles. The molecule has 80 valence electrons. The van der Waals surface area contributed by atoms with Gasteiger partial charge in [0.2, 0.25) is 0 Å². The summed E-state index contributed by atoms with van der Waals surface area (Å²) < 4.78 is 10.7. The molecule has 0 fully saturated rings. The molecule has 0 spiro atoms. The van der Waals surface area contributed by atoms with E-state index in [-0.39, 0.29) is 0 Å². The first-order chi connectivity index (χ1) is 6.35. The second-order valence-electron chi connectivity index (χ2n) is 3.05. The molecule has 0 aliphatic carbocycles. The first-order valence-electron chi connectivity index (χ1n) is 5.17. The molecule has 0 aliphatic rings. The number of hydrogen-bond acceptors (Lipinski definition) is 3. The van der Waals surface area contributed by atoms with E-state index in [9.17, 15) is 0 Å². The van der Waals surface area contributed by atoms with Crippen LogP contribution in [0, 0.1) is 0 Å². The van der Waals surface area contributed by atoms with Crippen molar-refractivity contribution < 1.29 is 9.47 Å². The van der Waals surface area contributed by atoms with E-state index in [0.717, 1.165) is 39.3 Å². The van der Waals surface area contributed by atoms with Gasteiger partial charge >= 0.3 is 0 Å². The van der Waals surface area contributed by atoms with Crippen molar-refractivity contribution in [3.8, 4) is 0 Å². The third-order valence-corrected chi connectivity index (χ3v) is 1.89. The molecule has 1 atom stereocenters. The molecule has 3 nitrogen and oxygen atoms in total. The molecule has 0 aliphatic heterocycles. The molecule has 0 aromatic carbocycles. The molecule has 0 rings (SSSR count). The summed E-state index contributed by atoms with van der Waals surface area (Å²) in [6.07, 6.45) is 2.12. The fourth-order valence-corrected chi connectivity index (χ4v) is 1.04. The largest absolute Gasteiger partial charge is 0.381 e. The molecule has 1 unspecified atom stereocenters. The van der Waals surface area contributed by atoms with E-state index in [1.54, 1.807) is 0 Å². The van der Waals surface area contributed by atoms with E-state index in [1.807, 2.05) is 14.0 Å². The lowest BCUT2D eigenvalue weighted by Crippen LogP contribution is -2.31.